The molecule has 0 amide bonds. The molecule has 3 aromatic rings. The molecular weight excluding hydrogens is 290 g/mol. The van der Waals surface area contributed by atoms with Gasteiger partial charge < -0.3 is 9.84 Å². The summed E-state index contributed by atoms with van der Waals surface area (Å²) in [5.74, 6) is -0.391. The van der Waals surface area contributed by atoms with Gasteiger partial charge in [-0.15, -0.1) is 0 Å². The van der Waals surface area contributed by atoms with Crippen LogP contribution >= 0.6 is 0 Å². The maximum atomic E-state index is 11.6. The molecule has 23 heavy (non-hydrogen) atoms. The van der Waals surface area contributed by atoms with Gasteiger partial charge in [0.2, 0.25) is 0 Å². The van der Waals surface area contributed by atoms with E-state index in [9.17, 15) is 9.90 Å². The van der Waals surface area contributed by atoms with Crippen molar-refractivity contribution in [2.75, 3.05) is 7.11 Å². The van der Waals surface area contributed by atoms with Crippen molar-refractivity contribution in [2.45, 2.75) is 0 Å². The van der Waals surface area contributed by atoms with Crippen molar-refractivity contribution in [3.8, 4) is 28.1 Å². The van der Waals surface area contributed by atoms with Crippen LogP contribution in [0.4, 0.5) is 0 Å². The third kappa shape index (κ3) is 2.92. The van der Waals surface area contributed by atoms with Gasteiger partial charge in [0.15, 0.2) is 0 Å². The second-order valence-corrected chi connectivity index (χ2v) is 4.99. The van der Waals surface area contributed by atoms with Gasteiger partial charge in [-0.1, -0.05) is 48.5 Å². The van der Waals surface area contributed by atoms with E-state index < -0.39 is 5.97 Å². The summed E-state index contributed by atoms with van der Waals surface area (Å²) in [5, 5.41) is 9.47. The molecular formula is C19H15NO3. The zero-order valence-corrected chi connectivity index (χ0v) is 12.6. The molecule has 0 spiro atoms. The summed E-state index contributed by atoms with van der Waals surface area (Å²) in [6.45, 7) is 0. The Hall–Kier alpha value is -3.14. The van der Waals surface area contributed by atoms with Gasteiger partial charge in [0.1, 0.15) is 5.75 Å². The van der Waals surface area contributed by atoms with Crippen LogP contribution in [-0.4, -0.2) is 23.2 Å². The number of methoxy groups -OCH3 is 1. The second-order valence-electron chi connectivity index (χ2n) is 4.99. The predicted molar refractivity (Wildman–Crippen MR) is 88.6 cm³/mol. The summed E-state index contributed by atoms with van der Waals surface area (Å²) in [6.07, 6.45) is 1.40. The molecule has 0 aliphatic heterocycles. The van der Waals surface area contributed by atoms with Crippen LogP contribution in [0.1, 0.15) is 10.4 Å². The molecule has 0 bridgehead atoms. The van der Waals surface area contributed by atoms with Crippen LogP contribution in [0.3, 0.4) is 0 Å². The van der Waals surface area contributed by atoms with E-state index in [1.54, 1.807) is 13.2 Å². The average Bonchev–Trinajstić information content (AvgIpc) is 2.61. The molecule has 1 aromatic heterocycles. The van der Waals surface area contributed by atoms with E-state index >= 15 is 0 Å². The van der Waals surface area contributed by atoms with Gasteiger partial charge in [-0.3, -0.25) is 4.98 Å². The SMILES string of the molecule is COc1ccccc1-c1cc(-c2ccccc2)ncc1C(=O)O. The van der Waals surface area contributed by atoms with Crippen molar-refractivity contribution in [3.05, 3.63) is 72.4 Å². The van der Waals surface area contributed by atoms with Crippen molar-refractivity contribution < 1.29 is 14.6 Å². The lowest BCUT2D eigenvalue weighted by Gasteiger charge is -2.12. The fourth-order valence-electron chi connectivity index (χ4n) is 2.48. The summed E-state index contributed by atoms with van der Waals surface area (Å²) in [4.78, 5) is 15.9. The van der Waals surface area contributed by atoms with Crippen LogP contribution in [0.2, 0.25) is 0 Å². The molecule has 3 rings (SSSR count). The molecule has 0 aliphatic rings. The molecule has 1 heterocycles. The Balaban J connectivity index is 2.22. The summed E-state index contributed by atoms with van der Waals surface area (Å²) >= 11 is 0. The van der Waals surface area contributed by atoms with E-state index in [-0.39, 0.29) is 5.56 Å². The maximum absolute atomic E-state index is 11.6. The summed E-state index contributed by atoms with van der Waals surface area (Å²) in [5.41, 5.74) is 3.11. The first-order valence-corrected chi connectivity index (χ1v) is 7.13. The highest BCUT2D eigenvalue weighted by molar-refractivity contribution is 5.97. The smallest absolute Gasteiger partial charge is 0.337 e. The zero-order chi connectivity index (χ0) is 16.2. The number of benzene rings is 2. The van der Waals surface area contributed by atoms with Crippen LogP contribution in [0.15, 0.2) is 66.9 Å². The van der Waals surface area contributed by atoms with E-state index in [4.69, 9.17) is 4.74 Å². The van der Waals surface area contributed by atoms with Crippen molar-refractivity contribution in [2.24, 2.45) is 0 Å². The topological polar surface area (TPSA) is 59.4 Å². The fraction of sp³-hybridized carbons (Fsp3) is 0.0526. The van der Waals surface area contributed by atoms with E-state index in [0.29, 0.717) is 11.3 Å². The number of para-hydroxylation sites is 1. The van der Waals surface area contributed by atoms with Crippen LogP contribution in [0, 0.1) is 0 Å². The summed E-state index contributed by atoms with van der Waals surface area (Å²) < 4.78 is 5.37. The minimum Gasteiger partial charge on any atom is -0.496 e. The first kappa shape index (κ1) is 14.8. The van der Waals surface area contributed by atoms with Gasteiger partial charge in [-0.25, -0.2) is 4.79 Å². The van der Waals surface area contributed by atoms with E-state index in [1.807, 2.05) is 54.6 Å². The van der Waals surface area contributed by atoms with E-state index in [1.165, 1.54) is 6.20 Å². The predicted octanol–water partition coefficient (Wildman–Crippen LogP) is 4.12. The molecule has 0 atom stereocenters. The fourth-order valence-corrected chi connectivity index (χ4v) is 2.48. The van der Waals surface area contributed by atoms with E-state index in [0.717, 1.165) is 16.8 Å². The minimum absolute atomic E-state index is 0.147. The summed E-state index contributed by atoms with van der Waals surface area (Å²) in [7, 11) is 1.57. The molecule has 0 unspecified atom stereocenters. The molecule has 1 N–H and O–H groups in total. The molecule has 2 aromatic carbocycles. The molecule has 0 saturated carbocycles. The summed E-state index contributed by atoms with van der Waals surface area (Å²) in [6, 6.07) is 18.8. The lowest BCUT2D eigenvalue weighted by Crippen LogP contribution is -2.02. The standard InChI is InChI=1S/C19H15NO3/c1-23-18-10-6-5-9-14(18)15-11-17(13-7-3-2-4-8-13)20-12-16(15)19(21)22/h2-12H,1H3,(H,21,22). The number of carboxylic acids is 1. The molecule has 4 nitrogen and oxygen atoms in total. The van der Waals surface area contributed by atoms with Crippen molar-refractivity contribution >= 4 is 5.97 Å². The zero-order valence-electron chi connectivity index (χ0n) is 12.6. The molecule has 0 fully saturated rings. The molecule has 0 radical (unpaired) electrons. The lowest BCUT2D eigenvalue weighted by atomic mass is 9.98. The number of aromatic nitrogens is 1. The average molecular weight is 305 g/mol. The van der Waals surface area contributed by atoms with Gasteiger partial charge >= 0.3 is 5.97 Å². The van der Waals surface area contributed by atoms with E-state index in [2.05, 4.69) is 4.98 Å². The van der Waals surface area contributed by atoms with Crippen LogP contribution in [0.25, 0.3) is 22.4 Å². The normalized spacial score (nSPS) is 10.3. The molecule has 0 saturated heterocycles. The third-order valence-electron chi connectivity index (χ3n) is 3.60. The van der Waals surface area contributed by atoms with Crippen LogP contribution < -0.4 is 4.74 Å². The molecule has 0 aliphatic carbocycles. The first-order chi connectivity index (χ1) is 11.2. The van der Waals surface area contributed by atoms with Gasteiger partial charge in [-0.05, 0) is 12.1 Å². The van der Waals surface area contributed by atoms with Crippen molar-refractivity contribution in [1.82, 2.24) is 4.98 Å². The highest BCUT2D eigenvalue weighted by Crippen LogP contribution is 2.34. The monoisotopic (exact) mass is 305 g/mol. The minimum atomic E-state index is -1.02. The number of carbonyl (C=O) groups is 1. The first-order valence-electron chi connectivity index (χ1n) is 7.13. The Morgan fingerprint density at radius 2 is 1.70 bits per heavy atom. The quantitative estimate of drug-likeness (QED) is 0.787. The number of pyridine rings is 1. The number of nitrogens with zero attached hydrogens (tertiary/aromatic N) is 1. The van der Waals surface area contributed by atoms with Crippen molar-refractivity contribution in [1.29, 1.82) is 0 Å². The third-order valence-corrected chi connectivity index (χ3v) is 3.60. The van der Waals surface area contributed by atoms with Gasteiger partial charge in [0, 0.05) is 22.9 Å². The number of carboxylic acid groups (broad SMARTS) is 1. The van der Waals surface area contributed by atoms with Crippen LogP contribution in [-0.2, 0) is 0 Å². The Kier molecular flexibility index (Phi) is 4.06. The molecule has 4 heteroatoms. The Bertz CT molecular complexity index is 844. The number of hydrogen-bond acceptors (Lipinski definition) is 3. The van der Waals surface area contributed by atoms with Gasteiger partial charge in [0.25, 0.3) is 0 Å². The highest BCUT2D eigenvalue weighted by Gasteiger charge is 2.17. The Morgan fingerprint density at radius 3 is 2.39 bits per heavy atom. The van der Waals surface area contributed by atoms with Crippen LogP contribution in [0.5, 0.6) is 5.75 Å². The van der Waals surface area contributed by atoms with Gasteiger partial charge in [0.05, 0.1) is 18.4 Å². The number of hydrogen-bond donors (Lipinski definition) is 1. The Morgan fingerprint density at radius 1 is 1.00 bits per heavy atom. The largest absolute Gasteiger partial charge is 0.496 e. The number of ether oxygens (including phenoxy) is 1. The number of aromatic carboxylic acids is 1. The maximum Gasteiger partial charge on any atom is 0.337 e. The lowest BCUT2D eigenvalue weighted by molar-refractivity contribution is 0.0697. The van der Waals surface area contributed by atoms with Gasteiger partial charge in [-0.2, -0.15) is 0 Å². The molecule has 114 valence electrons. The second kappa shape index (κ2) is 6.32. The highest BCUT2D eigenvalue weighted by atomic mass is 16.5. The Labute approximate surface area is 134 Å². The van der Waals surface area contributed by atoms with Crippen molar-refractivity contribution in [3.63, 3.8) is 0 Å². The number of rotatable bonds is 4.